The highest BCUT2D eigenvalue weighted by atomic mass is 32.2. The van der Waals surface area contributed by atoms with Crippen LogP contribution in [0.4, 0.5) is 5.69 Å². The van der Waals surface area contributed by atoms with Crippen LogP contribution in [0.3, 0.4) is 0 Å². The van der Waals surface area contributed by atoms with E-state index in [1.54, 1.807) is 30.6 Å². The van der Waals surface area contributed by atoms with Crippen LogP contribution < -0.4 is 5.32 Å². The number of sulfonamides is 1. The molecule has 1 aromatic heterocycles. The number of piperidine rings is 1. The van der Waals surface area contributed by atoms with Gasteiger partial charge < -0.3 is 5.32 Å². The molecule has 0 spiro atoms. The molecule has 0 aliphatic carbocycles. The van der Waals surface area contributed by atoms with Crippen LogP contribution in [0.1, 0.15) is 26.2 Å². The number of nitrogens with zero attached hydrogens (tertiary/aromatic N) is 3. The average molecular weight is 413 g/mol. The van der Waals surface area contributed by atoms with Crippen LogP contribution in [-0.2, 0) is 14.8 Å². The topological polar surface area (TPSA) is 92.3 Å². The Morgan fingerprint density at radius 2 is 2.08 bits per heavy atom. The van der Waals surface area contributed by atoms with Gasteiger partial charge in [0.2, 0.25) is 15.9 Å². The van der Waals surface area contributed by atoms with Crippen LogP contribution in [0, 0.1) is 0 Å². The largest absolute Gasteiger partial charge is 0.325 e. The van der Waals surface area contributed by atoms with Crippen LogP contribution in [-0.4, -0.2) is 47.2 Å². The van der Waals surface area contributed by atoms with Gasteiger partial charge >= 0.3 is 0 Å². The van der Waals surface area contributed by atoms with Crippen molar-refractivity contribution in [2.45, 2.75) is 40.7 Å². The number of anilines is 1. The predicted molar refractivity (Wildman–Crippen MR) is 103 cm³/mol. The molecule has 2 aromatic rings. The first-order valence-electron chi connectivity index (χ1n) is 8.31. The number of thioether (sulfide) groups is 1. The summed E-state index contributed by atoms with van der Waals surface area (Å²) in [6, 6.07) is 6.42. The van der Waals surface area contributed by atoms with Crippen molar-refractivity contribution in [3.63, 3.8) is 0 Å². The van der Waals surface area contributed by atoms with Gasteiger partial charge in [-0.05, 0) is 38.0 Å². The van der Waals surface area contributed by atoms with E-state index in [1.165, 1.54) is 33.5 Å². The first-order chi connectivity index (χ1) is 12.5. The third-order valence-corrected chi connectivity index (χ3v) is 7.85. The smallest absolute Gasteiger partial charge is 0.243 e. The molecule has 0 saturated carbocycles. The van der Waals surface area contributed by atoms with Gasteiger partial charge in [-0.2, -0.15) is 4.31 Å². The van der Waals surface area contributed by atoms with Gasteiger partial charge in [0, 0.05) is 18.8 Å². The molecule has 1 atom stereocenters. The van der Waals surface area contributed by atoms with E-state index in [1.807, 2.05) is 0 Å². The maximum absolute atomic E-state index is 12.8. The van der Waals surface area contributed by atoms with E-state index in [0.29, 0.717) is 23.1 Å². The normalized spacial score (nSPS) is 17.0. The maximum atomic E-state index is 12.8. The number of hydrogen-bond donors (Lipinski definition) is 1. The highest BCUT2D eigenvalue weighted by Crippen LogP contribution is 2.26. The standard InChI is InChI=1S/C16H20N4O3S3/c1-12(25-16-19-17-11-24-16)15(21)18-13-6-5-7-14(10-13)26(22,23)20-8-3-2-4-9-20/h5-7,10-12H,2-4,8-9H2,1H3,(H,18,21). The maximum Gasteiger partial charge on any atom is 0.243 e. The summed E-state index contributed by atoms with van der Waals surface area (Å²) in [5.41, 5.74) is 2.08. The average Bonchev–Trinajstić information content (AvgIpc) is 3.15. The monoisotopic (exact) mass is 412 g/mol. The minimum atomic E-state index is -3.52. The molecule has 10 heteroatoms. The second-order valence-electron chi connectivity index (χ2n) is 5.95. The first kappa shape index (κ1) is 19.3. The molecule has 1 aromatic carbocycles. The number of hydrogen-bond acceptors (Lipinski definition) is 7. The van der Waals surface area contributed by atoms with E-state index in [4.69, 9.17) is 0 Å². The molecule has 1 fully saturated rings. The van der Waals surface area contributed by atoms with Gasteiger partial charge in [-0.25, -0.2) is 8.42 Å². The number of carbonyl (C=O) groups is 1. The lowest BCUT2D eigenvalue weighted by atomic mass is 10.2. The van der Waals surface area contributed by atoms with Crippen molar-refractivity contribution in [3.8, 4) is 0 Å². The summed E-state index contributed by atoms with van der Waals surface area (Å²) in [5.74, 6) is -0.210. The zero-order valence-electron chi connectivity index (χ0n) is 14.3. The van der Waals surface area contributed by atoms with E-state index in [2.05, 4.69) is 15.5 Å². The summed E-state index contributed by atoms with van der Waals surface area (Å²) >= 11 is 2.69. The Labute approximate surface area is 161 Å². The zero-order chi connectivity index (χ0) is 18.6. The molecule has 26 heavy (non-hydrogen) atoms. The summed E-state index contributed by atoms with van der Waals surface area (Å²) in [7, 11) is -3.52. The lowest BCUT2D eigenvalue weighted by Gasteiger charge is -2.26. The van der Waals surface area contributed by atoms with Gasteiger partial charge in [0.25, 0.3) is 0 Å². The molecule has 1 N–H and O–H groups in total. The Morgan fingerprint density at radius 3 is 2.77 bits per heavy atom. The van der Waals surface area contributed by atoms with Crippen molar-refractivity contribution < 1.29 is 13.2 Å². The van der Waals surface area contributed by atoms with Gasteiger partial charge in [-0.1, -0.05) is 35.6 Å². The van der Waals surface area contributed by atoms with Gasteiger partial charge in [-0.3, -0.25) is 4.79 Å². The van der Waals surface area contributed by atoms with Gasteiger partial charge in [0.05, 0.1) is 10.1 Å². The van der Waals surface area contributed by atoms with Crippen molar-refractivity contribution in [2.75, 3.05) is 18.4 Å². The third kappa shape index (κ3) is 4.61. The number of amides is 1. The fraction of sp³-hybridized carbons (Fsp3) is 0.438. The van der Waals surface area contributed by atoms with Gasteiger partial charge in [-0.15, -0.1) is 10.2 Å². The number of carbonyl (C=O) groups excluding carboxylic acids is 1. The van der Waals surface area contributed by atoms with Crippen LogP contribution >= 0.6 is 23.1 Å². The van der Waals surface area contributed by atoms with Crippen molar-refractivity contribution in [2.24, 2.45) is 0 Å². The summed E-state index contributed by atoms with van der Waals surface area (Å²) in [6.45, 7) is 2.87. The SMILES string of the molecule is CC(Sc1nncs1)C(=O)Nc1cccc(S(=O)(=O)N2CCCCC2)c1. The Kier molecular flexibility index (Phi) is 6.28. The number of rotatable bonds is 6. The van der Waals surface area contributed by atoms with Gasteiger partial charge in [0.15, 0.2) is 4.34 Å². The molecule has 0 radical (unpaired) electrons. The summed E-state index contributed by atoms with van der Waals surface area (Å²) in [5, 5.41) is 10.1. The van der Waals surface area contributed by atoms with Crippen molar-refractivity contribution >= 4 is 44.7 Å². The zero-order valence-corrected chi connectivity index (χ0v) is 16.7. The lowest BCUT2D eigenvalue weighted by molar-refractivity contribution is -0.115. The van der Waals surface area contributed by atoms with Crippen molar-refractivity contribution in [1.82, 2.24) is 14.5 Å². The highest BCUT2D eigenvalue weighted by Gasteiger charge is 2.26. The minimum Gasteiger partial charge on any atom is -0.325 e. The Bertz CT molecular complexity index is 849. The highest BCUT2D eigenvalue weighted by molar-refractivity contribution is 8.02. The molecule has 2 heterocycles. The Morgan fingerprint density at radius 1 is 1.31 bits per heavy atom. The van der Waals surface area contributed by atoms with E-state index in [-0.39, 0.29) is 16.1 Å². The predicted octanol–water partition coefficient (Wildman–Crippen LogP) is 2.83. The second kappa shape index (κ2) is 8.47. The molecule has 1 aliphatic heterocycles. The molecule has 1 unspecified atom stereocenters. The molecule has 140 valence electrons. The number of aromatic nitrogens is 2. The molecule has 1 amide bonds. The molecule has 1 aliphatic rings. The molecule has 3 rings (SSSR count). The fourth-order valence-corrected chi connectivity index (χ4v) is 5.84. The Balaban J connectivity index is 1.69. The second-order valence-corrected chi connectivity index (χ2v) is 10.3. The number of nitrogens with one attached hydrogen (secondary N) is 1. The van der Waals surface area contributed by atoms with Crippen LogP contribution in [0.2, 0.25) is 0 Å². The molecular weight excluding hydrogens is 392 g/mol. The van der Waals surface area contributed by atoms with Crippen LogP contribution in [0.5, 0.6) is 0 Å². The van der Waals surface area contributed by atoms with E-state index in [9.17, 15) is 13.2 Å². The summed E-state index contributed by atoms with van der Waals surface area (Å²) in [4.78, 5) is 12.6. The number of benzene rings is 1. The van der Waals surface area contributed by atoms with E-state index < -0.39 is 10.0 Å². The molecule has 7 nitrogen and oxygen atoms in total. The molecular formula is C16H20N4O3S3. The third-order valence-electron chi connectivity index (χ3n) is 4.04. The minimum absolute atomic E-state index is 0.210. The molecule has 1 saturated heterocycles. The molecule has 0 bridgehead atoms. The first-order valence-corrected chi connectivity index (χ1v) is 11.5. The lowest BCUT2D eigenvalue weighted by Crippen LogP contribution is -2.35. The summed E-state index contributed by atoms with van der Waals surface area (Å²) < 4.78 is 27.8. The van der Waals surface area contributed by atoms with Gasteiger partial charge in [0.1, 0.15) is 5.51 Å². The van der Waals surface area contributed by atoms with E-state index >= 15 is 0 Å². The fourth-order valence-electron chi connectivity index (χ4n) is 2.65. The van der Waals surface area contributed by atoms with E-state index in [0.717, 1.165) is 19.3 Å². The quantitative estimate of drug-likeness (QED) is 0.734. The van der Waals surface area contributed by atoms with Crippen LogP contribution in [0.25, 0.3) is 0 Å². The summed E-state index contributed by atoms with van der Waals surface area (Å²) in [6.07, 6.45) is 2.83. The van der Waals surface area contributed by atoms with Crippen LogP contribution in [0.15, 0.2) is 39.0 Å². The Hall–Kier alpha value is -1.49. The van der Waals surface area contributed by atoms with Crippen molar-refractivity contribution in [3.05, 3.63) is 29.8 Å². The van der Waals surface area contributed by atoms with Crippen molar-refractivity contribution in [1.29, 1.82) is 0 Å².